The van der Waals surface area contributed by atoms with E-state index < -0.39 is 262 Å². The van der Waals surface area contributed by atoms with Gasteiger partial charge in [0.25, 0.3) is 0 Å². The van der Waals surface area contributed by atoms with Crippen LogP contribution in [-0.4, -0.2) is 20.1 Å². The average molecular weight is 1180 g/mol. The van der Waals surface area contributed by atoms with Gasteiger partial charge < -0.3 is 0 Å². The van der Waals surface area contributed by atoms with Gasteiger partial charge in [0.15, 0.2) is 186 Å². The van der Waals surface area contributed by atoms with Gasteiger partial charge in [0.2, 0.25) is 20.1 Å². The lowest BCUT2D eigenvalue weighted by Gasteiger charge is -2.51. The Bertz CT molecular complexity index is 3250. The Labute approximate surface area is 411 Å². The van der Waals surface area contributed by atoms with Gasteiger partial charge in [-0.15, -0.1) is 0 Å². The molecule has 0 bridgehead atoms. The lowest BCUT2D eigenvalue weighted by atomic mass is 9.01. The van der Waals surface area contributed by atoms with Crippen molar-refractivity contribution < 1.29 is 149 Å². The highest BCUT2D eigenvalue weighted by molar-refractivity contribution is 7.08. The van der Waals surface area contributed by atoms with E-state index in [0.29, 0.717) is 0 Å². The van der Waals surface area contributed by atoms with Crippen molar-refractivity contribution >= 4 is 52.9 Å². The van der Waals surface area contributed by atoms with E-state index in [1.807, 2.05) is 0 Å². The normalized spacial score (nSPS) is 14.6. The van der Waals surface area contributed by atoms with Gasteiger partial charge in [-0.25, -0.2) is 149 Å². The molecule has 0 fully saturated rings. The van der Waals surface area contributed by atoms with Gasteiger partial charge >= 0.3 is 0 Å². The molecule has 0 saturated carbocycles. The molecule has 79 heavy (non-hydrogen) atoms. The monoisotopic (exact) mass is 1180 g/mol. The molecule has 0 aromatic heterocycles. The van der Waals surface area contributed by atoms with Gasteiger partial charge in [0, 0.05) is 43.8 Å². The molecule has 0 heterocycles. The Hall–Kier alpha value is -7.39. The molecule has 0 N–H and O–H groups in total. The summed E-state index contributed by atoms with van der Waals surface area (Å²) in [6.07, 6.45) is 0. The Kier molecular flexibility index (Phi) is 15.1. The van der Waals surface area contributed by atoms with Crippen molar-refractivity contribution in [3.63, 3.8) is 0 Å². The predicted octanol–water partition coefficient (Wildman–Crippen LogP) is 11.1. The quantitative estimate of drug-likeness (QED) is 0.0586. The molecular formula is C42HB3F34. The number of benzene rings is 6. The maximum absolute atomic E-state index is 18.5. The minimum atomic E-state index is -7.39. The molecule has 1 aliphatic carbocycles. The van der Waals surface area contributed by atoms with Crippen LogP contribution in [0.3, 0.4) is 0 Å². The average Bonchev–Trinajstić information content (AvgIpc) is 3.52. The second-order valence-electron chi connectivity index (χ2n) is 15.9. The fourth-order valence-corrected chi connectivity index (χ4v) is 9.09. The van der Waals surface area contributed by atoms with Crippen molar-refractivity contribution in [1.29, 1.82) is 0 Å². The minimum absolute atomic E-state index is 3.73. The van der Waals surface area contributed by atoms with E-state index in [1.54, 1.807) is 0 Å². The molecule has 6 aromatic rings. The van der Waals surface area contributed by atoms with E-state index in [4.69, 9.17) is 0 Å². The Balaban J connectivity index is 2.10. The number of rotatable bonds is 9. The number of hydrogen-bond acceptors (Lipinski definition) is 0. The number of allylic oxidation sites excluding steroid dienone is 4. The van der Waals surface area contributed by atoms with Gasteiger partial charge in [-0.05, 0) is 0 Å². The van der Waals surface area contributed by atoms with Crippen molar-refractivity contribution in [2.75, 3.05) is 0 Å². The first kappa shape index (κ1) is 59.3. The molecule has 37 heteroatoms. The fourth-order valence-electron chi connectivity index (χ4n) is 9.09. The van der Waals surface area contributed by atoms with E-state index >= 15 is 123 Å². The summed E-state index contributed by atoms with van der Waals surface area (Å²) in [6, 6.07) is 0. The number of hydrogen-bond donors (Lipinski definition) is 0. The Morgan fingerprint density at radius 2 is 0.342 bits per heavy atom. The molecular weight excluding hydrogens is 1180 g/mol. The standard InChI is InChI=1S/C42HB3F34/c46-7-1(8(47)20(59)31(70)19(7)58)43(2-9(48)21(60)32(71)22(61)10(2)49)40-38(77)37(76)39(78)41(79)42(40,44(3-11(50)23(62)33(72)24(63)12(3)51)4-13(52)25(64)34(73)26(65)14(4)53)45(5-15(54)27(66)35(74)28(67)16(5)55)6-17(56)29(68)36(75)30(69)18(6)57/h40H. The summed E-state index contributed by atoms with van der Waals surface area (Å²) in [7, 11) is 0. The topological polar surface area (TPSA) is 0 Å². The summed E-state index contributed by atoms with van der Waals surface area (Å²) < 4.78 is 543. The molecule has 1 atom stereocenters. The molecule has 0 amide bonds. The van der Waals surface area contributed by atoms with Crippen LogP contribution in [0, 0.1) is 175 Å². The molecule has 6 aromatic carbocycles. The fraction of sp³-hybridized carbons (Fsp3) is 0.0476. The smallest absolute Gasteiger partial charge is 0.209 e. The third kappa shape index (κ3) is 7.94. The Morgan fingerprint density at radius 3 is 0.519 bits per heavy atom. The van der Waals surface area contributed by atoms with Crippen LogP contribution in [0.15, 0.2) is 23.3 Å². The molecule has 0 aliphatic heterocycles. The highest BCUT2D eigenvalue weighted by Gasteiger charge is 2.72. The Morgan fingerprint density at radius 1 is 0.190 bits per heavy atom. The van der Waals surface area contributed by atoms with Gasteiger partial charge in [0.1, 0.15) is 11.7 Å². The highest BCUT2D eigenvalue weighted by Crippen LogP contribution is 2.63. The molecule has 0 spiro atoms. The summed E-state index contributed by atoms with van der Waals surface area (Å²) in [5, 5.41) is -7.39. The van der Waals surface area contributed by atoms with E-state index in [1.165, 1.54) is 0 Å². The van der Waals surface area contributed by atoms with E-state index in [9.17, 15) is 26.3 Å². The predicted molar refractivity (Wildman–Crippen MR) is 197 cm³/mol. The van der Waals surface area contributed by atoms with Crippen LogP contribution in [-0.2, 0) is 0 Å². The summed E-state index contributed by atoms with van der Waals surface area (Å²) >= 11 is 0. The van der Waals surface area contributed by atoms with Crippen LogP contribution in [0.1, 0.15) is 0 Å². The third-order valence-corrected chi connectivity index (χ3v) is 12.3. The van der Waals surface area contributed by atoms with Crippen LogP contribution in [0.5, 0.6) is 0 Å². The van der Waals surface area contributed by atoms with Gasteiger partial charge in [-0.3, -0.25) is 0 Å². The van der Waals surface area contributed by atoms with E-state index in [0.717, 1.165) is 0 Å². The van der Waals surface area contributed by atoms with E-state index in [2.05, 4.69) is 0 Å². The summed E-state index contributed by atoms with van der Waals surface area (Å²) in [5.74, 6) is -147. The van der Waals surface area contributed by atoms with Crippen LogP contribution < -0.4 is 32.8 Å². The van der Waals surface area contributed by atoms with Crippen LogP contribution >= 0.6 is 0 Å². The van der Waals surface area contributed by atoms with Crippen LogP contribution in [0.25, 0.3) is 0 Å². The summed E-state index contributed by atoms with van der Waals surface area (Å²) in [5.41, 5.74) is -24.9. The maximum Gasteiger partial charge on any atom is 0.234 e. The molecule has 1 unspecified atom stereocenters. The van der Waals surface area contributed by atoms with Gasteiger partial charge in [0.05, 0.1) is 0 Å². The van der Waals surface area contributed by atoms with Crippen LogP contribution in [0.4, 0.5) is 149 Å². The zero-order valence-corrected chi connectivity index (χ0v) is 35.7. The van der Waals surface area contributed by atoms with Gasteiger partial charge in [-0.2, -0.15) is 0 Å². The minimum Gasteiger partial charge on any atom is -0.209 e. The zero-order chi connectivity index (χ0) is 59.9. The number of halogens is 34. The van der Waals surface area contributed by atoms with Crippen molar-refractivity contribution in [3.05, 3.63) is 198 Å². The molecule has 1 aliphatic rings. The molecule has 7 rings (SSSR count). The van der Waals surface area contributed by atoms with E-state index in [-0.39, 0.29) is 0 Å². The summed E-state index contributed by atoms with van der Waals surface area (Å²) in [6.45, 7) is -18.4. The van der Waals surface area contributed by atoms with Crippen molar-refractivity contribution in [1.82, 2.24) is 0 Å². The molecule has 416 valence electrons. The second-order valence-corrected chi connectivity index (χ2v) is 15.9. The lowest BCUT2D eigenvalue weighted by Crippen LogP contribution is -2.74. The highest BCUT2D eigenvalue weighted by atomic mass is 19.2. The SMILES string of the molecule is FC1=C(F)C(B(c2c(F)c(F)c(F)c(F)c2F)c2c(F)c(F)c(F)c(F)c2F)C(B(c2c(F)c(F)c(F)c(F)c2F)c2c(F)c(F)c(F)c(F)c2F)(B(c2c(F)c(F)c(F)c(F)c2F)c2c(F)c(F)c(F)c(F)c2F)C(F)=C1F. The van der Waals surface area contributed by atoms with Crippen LogP contribution in [0.2, 0.25) is 11.0 Å². The first-order valence-electron chi connectivity index (χ1n) is 19.6. The van der Waals surface area contributed by atoms with Crippen molar-refractivity contribution in [2.24, 2.45) is 0 Å². The second kappa shape index (κ2) is 20.1. The van der Waals surface area contributed by atoms with Gasteiger partial charge in [-0.1, -0.05) is 0 Å². The zero-order valence-electron chi connectivity index (χ0n) is 35.7. The maximum atomic E-state index is 18.5. The first-order valence-corrected chi connectivity index (χ1v) is 19.6. The third-order valence-electron chi connectivity index (χ3n) is 12.3. The van der Waals surface area contributed by atoms with Crippen molar-refractivity contribution in [2.45, 2.75) is 11.0 Å². The largest absolute Gasteiger partial charge is 0.234 e. The van der Waals surface area contributed by atoms with Crippen molar-refractivity contribution in [3.8, 4) is 0 Å². The molecule has 0 nitrogen and oxygen atoms in total. The first-order chi connectivity index (χ1) is 36.5. The molecule has 0 saturated heterocycles. The summed E-state index contributed by atoms with van der Waals surface area (Å²) in [4.78, 5) is 0. The lowest BCUT2D eigenvalue weighted by molar-refractivity contribution is 0.373. The molecule has 0 radical (unpaired) electrons.